The molecular weight excluding hydrogens is 288 g/mol. The number of likely N-dealkylation sites (N-methyl/N-ethyl adjacent to an activating group) is 1. The lowest BCUT2D eigenvalue weighted by Crippen LogP contribution is -2.42. The second-order valence-electron chi connectivity index (χ2n) is 5.98. The van der Waals surface area contributed by atoms with Crippen LogP contribution in [-0.2, 0) is 4.74 Å². The Morgan fingerprint density at radius 2 is 2.24 bits per heavy atom. The zero-order valence-electron chi connectivity index (χ0n) is 12.9. The summed E-state index contributed by atoms with van der Waals surface area (Å²) in [5, 5.41) is 7.51. The van der Waals surface area contributed by atoms with Crippen LogP contribution in [0, 0.1) is 0 Å². The summed E-state index contributed by atoms with van der Waals surface area (Å²) < 4.78 is 11.3. The highest BCUT2D eigenvalue weighted by atomic mass is 32.2. The zero-order chi connectivity index (χ0) is 14.8. The lowest BCUT2D eigenvalue weighted by atomic mass is 10.0. The Morgan fingerprint density at radius 1 is 1.38 bits per heavy atom. The van der Waals surface area contributed by atoms with Gasteiger partial charge >= 0.3 is 0 Å². The van der Waals surface area contributed by atoms with Crippen molar-refractivity contribution in [3.63, 3.8) is 0 Å². The first-order valence-corrected chi connectivity index (χ1v) is 8.78. The van der Waals surface area contributed by atoms with Gasteiger partial charge in [-0.05, 0) is 20.9 Å². The van der Waals surface area contributed by atoms with Gasteiger partial charge in [0.25, 0.3) is 0 Å². The number of thioether (sulfide) groups is 1. The molecule has 0 radical (unpaired) electrons. The highest BCUT2D eigenvalue weighted by Crippen LogP contribution is 2.32. The molecule has 3 heterocycles. The smallest absolute Gasteiger partial charge is 0.232 e. The van der Waals surface area contributed by atoms with Crippen molar-refractivity contribution in [2.45, 2.75) is 38.0 Å². The Kier molecular flexibility index (Phi) is 4.83. The fourth-order valence-corrected chi connectivity index (χ4v) is 4.32. The van der Waals surface area contributed by atoms with Crippen LogP contribution in [0.1, 0.15) is 37.6 Å². The molecule has 6 nitrogen and oxygen atoms in total. The van der Waals surface area contributed by atoms with E-state index in [9.17, 15) is 0 Å². The van der Waals surface area contributed by atoms with Gasteiger partial charge in [0.05, 0.1) is 12.5 Å². The van der Waals surface area contributed by atoms with Gasteiger partial charge in [-0.1, -0.05) is 5.16 Å². The molecule has 3 unspecified atom stereocenters. The van der Waals surface area contributed by atoms with E-state index in [2.05, 4.69) is 34.2 Å². The standard InChI is InChI=1S/C14H24N4O2S/c1-9(2)18-4-5-19-12(6-18)13-16-14(20-17-13)10-7-21-8-11(10)15-3/h9-12,15H,4-8H2,1-3H3. The van der Waals surface area contributed by atoms with Gasteiger partial charge < -0.3 is 14.6 Å². The minimum absolute atomic E-state index is 0.0688. The molecule has 1 aromatic rings. The first kappa shape index (κ1) is 15.3. The molecule has 2 saturated heterocycles. The van der Waals surface area contributed by atoms with Crippen molar-refractivity contribution in [1.82, 2.24) is 20.4 Å². The van der Waals surface area contributed by atoms with Crippen molar-refractivity contribution in [3.8, 4) is 0 Å². The molecule has 7 heteroatoms. The van der Waals surface area contributed by atoms with Crippen molar-refractivity contribution < 1.29 is 9.26 Å². The molecule has 1 N–H and O–H groups in total. The van der Waals surface area contributed by atoms with Gasteiger partial charge in [-0.25, -0.2) is 0 Å². The van der Waals surface area contributed by atoms with E-state index in [-0.39, 0.29) is 6.10 Å². The normalized spacial score (nSPS) is 31.1. The molecular formula is C14H24N4O2S. The predicted molar refractivity (Wildman–Crippen MR) is 82.6 cm³/mol. The molecule has 0 aliphatic carbocycles. The van der Waals surface area contributed by atoms with Gasteiger partial charge in [0.1, 0.15) is 6.10 Å². The number of rotatable bonds is 4. The first-order valence-electron chi connectivity index (χ1n) is 7.63. The van der Waals surface area contributed by atoms with Gasteiger partial charge in [0.15, 0.2) is 0 Å². The number of ether oxygens (including phenoxy) is 1. The molecule has 2 aliphatic rings. The maximum atomic E-state index is 5.83. The topological polar surface area (TPSA) is 63.4 Å². The summed E-state index contributed by atoms with van der Waals surface area (Å²) >= 11 is 1.93. The van der Waals surface area contributed by atoms with Crippen molar-refractivity contribution in [1.29, 1.82) is 0 Å². The van der Waals surface area contributed by atoms with E-state index in [4.69, 9.17) is 9.26 Å². The molecule has 21 heavy (non-hydrogen) atoms. The zero-order valence-corrected chi connectivity index (χ0v) is 13.7. The third-order valence-electron chi connectivity index (χ3n) is 4.34. The van der Waals surface area contributed by atoms with E-state index in [0.29, 0.717) is 23.8 Å². The fourth-order valence-electron chi connectivity index (χ4n) is 2.91. The van der Waals surface area contributed by atoms with Gasteiger partial charge in [0, 0.05) is 36.7 Å². The second-order valence-corrected chi connectivity index (χ2v) is 7.05. The van der Waals surface area contributed by atoms with E-state index in [0.717, 1.165) is 37.1 Å². The van der Waals surface area contributed by atoms with Crippen LogP contribution < -0.4 is 5.32 Å². The predicted octanol–water partition coefficient (Wildman–Crippen LogP) is 1.27. The van der Waals surface area contributed by atoms with Crippen molar-refractivity contribution >= 4 is 11.8 Å². The third kappa shape index (κ3) is 3.26. The molecule has 0 saturated carbocycles. The van der Waals surface area contributed by atoms with E-state index >= 15 is 0 Å². The van der Waals surface area contributed by atoms with Gasteiger partial charge in [-0.15, -0.1) is 0 Å². The Hall–Kier alpha value is -0.630. The Morgan fingerprint density at radius 3 is 3.00 bits per heavy atom. The third-order valence-corrected chi connectivity index (χ3v) is 5.53. The molecule has 0 bridgehead atoms. The minimum Gasteiger partial charge on any atom is -0.367 e. The highest BCUT2D eigenvalue weighted by molar-refractivity contribution is 7.99. The molecule has 2 aliphatic heterocycles. The number of hydrogen-bond donors (Lipinski definition) is 1. The summed E-state index contributed by atoms with van der Waals surface area (Å²) in [6.45, 7) is 6.95. The number of nitrogens with one attached hydrogen (secondary N) is 1. The highest BCUT2D eigenvalue weighted by Gasteiger charge is 2.34. The Balaban J connectivity index is 1.69. The molecule has 118 valence electrons. The maximum absolute atomic E-state index is 5.83. The molecule has 0 aromatic carbocycles. The summed E-state index contributed by atoms with van der Waals surface area (Å²) in [6, 6.07) is 0.936. The van der Waals surface area contributed by atoms with Crippen molar-refractivity contribution in [2.75, 3.05) is 38.2 Å². The molecule has 0 spiro atoms. The second kappa shape index (κ2) is 6.64. The van der Waals surface area contributed by atoms with Gasteiger partial charge in [-0.3, -0.25) is 4.90 Å². The maximum Gasteiger partial charge on any atom is 0.232 e. The van der Waals surface area contributed by atoms with Crippen LogP contribution in [-0.4, -0.2) is 65.4 Å². The molecule has 3 atom stereocenters. The van der Waals surface area contributed by atoms with Crippen LogP contribution in [0.15, 0.2) is 4.52 Å². The van der Waals surface area contributed by atoms with Gasteiger partial charge in [-0.2, -0.15) is 16.7 Å². The van der Waals surface area contributed by atoms with Crippen LogP contribution >= 0.6 is 11.8 Å². The molecule has 0 amide bonds. The van der Waals surface area contributed by atoms with E-state index in [1.165, 1.54) is 0 Å². The largest absolute Gasteiger partial charge is 0.367 e. The molecule has 3 rings (SSSR count). The quantitative estimate of drug-likeness (QED) is 0.898. The summed E-state index contributed by atoms with van der Waals surface area (Å²) in [7, 11) is 1.99. The number of morpholine rings is 1. The van der Waals surface area contributed by atoms with Crippen LogP contribution in [0.2, 0.25) is 0 Å². The number of aromatic nitrogens is 2. The van der Waals surface area contributed by atoms with E-state index in [1.807, 2.05) is 18.8 Å². The summed E-state index contributed by atoms with van der Waals surface area (Å²) in [4.78, 5) is 7.02. The van der Waals surface area contributed by atoms with Crippen LogP contribution in [0.3, 0.4) is 0 Å². The van der Waals surface area contributed by atoms with Crippen molar-refractivity contribution in [3.05, 3.63) is 11.7 Å². The molecule has 2 fully saturated rings. The average Bonchev–Trinajstić information content (AvgIpc) is 3.15. The lowest BCUT2D eigenvalue weighted by Gasteiger charge is -2.34. The van der Waals surface area contributed by atoms with Crippen molar-refractivity contribution in [2.24, 2.45) is 0 Å². The minimum atomic E-state index is -0.0688. The average molecular weight is 312 g/mol. The van der Waals surface area contributed by atoms with Crippen LogP contribution in [0.4, 0.5) is 0 Å². The Bertz CT molecular complexity index is 468. The fraction of sp³-hybridized carbons (Fsp3) is 0.857. The summed E-state index contributed by atoms with van der Waals surface area (Å²) in [5.41, 5.74) is 0. The van der Waals surface area contributed by atoms with Crippen LogP contribution in [0.5, 0.6) is 0 Å². The molecule has 1 aromatic heterocycles. The Labute approximate surface area is 130 Å². The van der Waals surface area contributed by atoms with E-state index in [1.54, 1.807) is 0 Å². The lowest BCUT2D eigenvalue weighted by molar-refractivity contribution is -0.0450. The summed E-state index contributed by atoms with van der Waals surface area (Å²) in [5.74, 6) is 3.89. The summed E-state index contributed by atoms with van der Waals surface area (Å²) in [6.07, 6.45) is -0.0688. The number of hydrogen-bond acceptors (Lipinski definition) is 7. The first-order chi connectivity index (χ1) is 10.2. The SMILES string of the molecule is CNC1CSCC1c1nc(C2CN(C(C)C)CCO2)no1. The number of nitrogens with zero attached hydrogens (tertiary/aromatic N) is 3. The van der Waals surface area contributed by atoms with Crippen LogP contribution in [0.25, 0.3) is 0 Å². The van der Waals surface area contributed by atoms with Gasteiger partial charge in [0.2, 0.25) is 11.7 Å². The van der Waals surface area contributed by atoms with E-state index < -0.39 is 0 Å². The monoisotopic (exact) mass is 312 g/mol.